The fourth-order valence-electron chi connectivity index (χ4n) is 3.31. The highest BCUT2D eigenvalue weighted by Gasteiger charge is 2.27. The largest absolute Gasteiger partial charge is 1.00 e. The van der Waals surface area contributed by atoms with Crippen LogP contribution in [0.25, 0.3) is 22.2 Å². The zero-order valence-electron chi connectivity index (χ0n) is 14.3. The van der Waals surface area contributed by atoms with Gasteiger partial charge in [-0.2, -0.15) is 13.9 Å². The van der Waals surface area contributed by atoms with Crippen LogP contribution in [-0.4, -0.2) is 11.4 Å². The zero-order chi connectivity index (χ0) is 16.8. The monoisotopic (exact) mass is 450 g/mol. The lowest BCUT2D eigenvalue weighted by molar-refractivity contribution is -0.678. The van der Waals surface area contributed by atoms with Crippen molar-refractivity contribution in [2.75, 3.05) is 6.79 Å². The molecule has 0 N–H and O–H groups in total. The molecule has 0 fully saturated rings. The Kier molecular flexibility index (Phi) is 4.73. The number of aromatic nitrogens is 2. The number of rotatable bonds is 2. The van der Waals surface area contributed by atoms with Crippen LogP contribution in [0.4, 0.5) is 0 Å². The quantitative estimate of drug-likeness (QED) is 0.402. The molecule has 0 atom stereocenters. The van der Waals surface area contributed by atoms with Crippen LogP contribution in [0.1, 0.15) is 19.9 Å². The van der Waals surface area contributed by atoms with E-state index in [2.05, 4.69) is 0 Å². The molecule has 0 unspecified atom stereocenters. The van der Waals surface area contributed by atoms with E-state index >= 15 is 0 Å². The molecule has 5 nitrogen and oxygen atoms in total. The minimum atomic E-state index is -0.0461. The van der Waals surface area contributed by atoms with Gasteiger partial charge in [-0.15, -0.1) is 0 Å². The normalized spacial score (nSPS) is 12.5. The number of halogens is 1. The van der Waals surface area contributed by atoms with E-state index in [0.717, 1.165) is 22.2 Å². The Bertz CT molecular complexity index is 997. The van der Waals surface area contributed by atoms with Crippen molar-refractivity contribution in [2.45, 2.75) is 19.9 Å². The van der Waals surface area contributed by atoms with E-state index in [4.69, 9.17) is 9.47 Å². The van der Waals surface area contributed by atoms with Crippen molar-refractivity contribution >= 4 is 10.9 Å². The van der Waals surface area contributed by atoms with Crippen LogP contribution in [0.2, 0.25) is 0 Å². The fraction of sp³-hybridized carbons (Fsp3) is 0.263. The molecule has 4 rings (SSSR count). The Balaban J connectivity index is 0.00000182. The van der Waals surface area contributed by atoms with Crippen LogP contribution >= 0.6 is 0 Å². The standard InChI is InChI=1S/C19H19N2O3.HI/c1-12(2)21-15-10-17-16(23-11-24-17)9-14(15)18(20(3)19(21)22)13-7-5-4-6-8-13;/h4-10,12H,11H2,1-3H3;1H/q+1;/p-1. The molecule has 0 radical (unpaired) electrons. The van der Waals surface area contributed by atoms with E-state index in [9.17, 15) is 4.79 Å². The number of hydrogen-bond donors (Lipinski definition) is 0. The Labute approximate surface area is 162 Å². The minimum Gasteiger partial charge on any atom is -1.00 e. The van der Waals surface area contributed by atoms with Gasteiger partial charge in [0.15, 0.2) is 11.5 Å². The molecule has 1 aliphatic rings. The van der Waals surface area contributed by atoms with E-state index in [1.54, 1.807) is 9.13 Å². The Morgan fingerprint density at radius 2 is 1.72 bits per heavy atom. The van der Waals surface area contributed by atoms with Gasteiger partial charge in [-0.1, -0.05) is 30.3 Å². The van der Waals surface area contributed by atoms with Crippen LogP contribution in [-0.2, 0) is 7.05 Å². The number of ether oxygens (including phenoxy) is 2. The first-order chi connectivity index (χ1) is 11.6. The number of fused-ring (bicyclic) bond motifs is 2. The van der Waals surface area contributed by atoms with Gasteiger partial charge in [0.05, 0.1) is 18.5 Å². The Morgan fingerprint density at radius 1 is 1.08 bits per heavy atom. The second-order valence-corrected chi connectivity index (χ2v) is 6.24. The summed E-state index contributed by atoms with van der Waals surface area (Å²) in [5, 5.41) is 0.973. The lowest BCUT2D eigenvalue weighted by Crippen LogP contribution is -3.00. The number of benzene rings is 2. The Morgan fingerprint density at radius 3 is 2.36 bits per heavy atom. The van der Waals surface area contributed by atoms with Crippen molar-refractivity contribution < 1.29 is 38.0 Å². The van der Waals surface area contributed by atoms with Gasteiger partial charge in [0.2, 0.25) is 6.79 Å². The summed E-state index contributed by atoms with van der Waals surface area (Å²) in [5.41, 5.74) is 2.69. The van der Waals surface area contributed by atoms with Crippen molar-refractivity contribution in [3.8, 4) is 22.8 Å². The van der Waals surface area contributed by atoms with Crippen molar-refractivity contribution in [3.63, 3.8) is 0 Å². The summed E-state index contributed by atoms with van der Waals surface area (Å²) in [4.78, 5) is 13.0. The van der Waals surface area contributed by atoms with E-state index in [1.165, 1.54) is 0 Å². The summed E-state index contributed by atoms with van der Waals surface area (Å²) in [6.45, 7) is 4.23. The molecule has 0 aliphatic carbocycles. The van der Waals surface area contributed by atoms with Gasteiger partial charge in [0.25, 0.3) is 0 Å². The first-order valence-electron chi connectivity index (χ1n) is 8.01. The lowest BCUT2D eigenvalue weighted by atomic mass is 10.0. The molecule has 1 aliphatic heterocycles. The third-order valence-corrected chi connectivity index (χ3v) is 4.40. The molecular formula is C19H19IN2O3. The van der Waals surface area contributed by atoms with Crippen LogP contribution in [0.3, 0.4) is 0 Å². The van der Waals surface area contributed by atoms with E-state index in [1.807, 2.05) is 63.4 Å². The first kappa shape index (κ1) is 17.7. The molecule has 1 aromatic heterocycles. The van der Waals surface area contributed by atoms with Gasteiger partial charge in [-0.05, 0) is 19.9 Å². The van der Waals surface area contributed by atoms with Gasteiger partial charge in [-0.25, -0.2) is 0 Å². The topological polar surface area (TPSA) is 44.3 Å². The number of nitrogens with zero attached hydrogens (tertiary/aromatic N) is 2. The molecule has 130 valence electrons. The van der Waals surface area contributed by atoms with Crippen molar-refractivity contribution in [2.24, 2.45) is 7.05 Å². The molecule has 3 aromatic rings. The van der Waals surface area contributed by atoms with Gasteiger partial charge in [-0.3, -0.25) is 0 Å². The SMILES string of the molecule is CC(C)n1c(=O)[n+](C)c(-c2ccccc2)c2cc3c(cc21)OCO3.[I-]. The molecule has 0 bridgehead atoms. The third-order valence-electron chi connectivity index (χ3n) is 4.40. The maximum atomic E-state index is 13.0. The van der Waals surface area contributed by atoms with E-state index in [0.29, 0.717) is 11.5 Å². The van der Waals surface area contributed by atoms with E-state index in [-0.39, 0.29) is 42.5 Å². The van der Waals surface area contributed by atoms with Gasteiger partial charge in [0, 0.05) is 11.6 Å². The molecule has 2 aromatic carbocycles. The minimum absolute atomic E-state index is 0. The van der Waals surface area contributed by atoms with Gasteiger partial charge >= 0.3 is 5.69 Å². The predicted molar refractivity (Wildman–Crippen MR) is 91.3 cm³/mol. The smallest absolute Gasteiger partial charge is 0.498 e. The molecule has 25 heavy (non-hydrogen) atoms. The van der Waals surface area contributed by atoms with Crippen molar-refractivity contribution in [1.82, 2.24) is 4.57 Å². The molecule has 2 heterocycles. The summed E-state index contributed by atoms with van der Waals surface area (Å²) in [7, 11) is 1.81. The number of hydrogen-bond acceptors (Lipinski definition) is 3. The van der Waals surface area contributed by atoms with Crippen LogP contribution < -0.4 is 43.7 Å². The van der Waals surface area contributed by atoms with Gasteiger partial charge < -0.3 is 33.5 Å². The summed E-state index contributed by atoms with van der Waals surface area (Å²) in [6, 6.07) is 13.9. The van der Waals surface area contributed by atoms with Crippen molar-refractivity contribution in [3.05, 3.63) is 52.9 Å². The summed E-state index contributed by atoms with van der Waals surface area (Å²) < 4.78 is 14.6. The molecular weight excluding hydrogens is 431 g/mol. The maximum Gasteiger partial charge on any atom is 0.498 e. The maximum absolute atomic E-state index is 13.0. The summed E-state index contributed by atoms with van der Waals surface area (Å²) >= 11 is 0. The fourth-order valence-corrected chi connectivity index (χ4v) is 3.31. The summed E-state index contributed by atoms with van der Waals surface area (Å²) in [6.07, 6.45) is 0. The van der Waals surface area contributed by atoms with Crippen LogP contribution in [0.5, 0.6) is 11.5 Å². The van der Waals surface area contributed by atoms with E-state index < -0.39 is 0 Å². The molecule has 0 saturated carbocycles. The Hall–Kier alpha value is -2.09. The highest BCUT2D eigenvalue weighted by atomic mass is 127. The molecule has 0 spiro atoms. The average Bonchev–Trinajstić information content (AvgIpc) is 3.02. The average molecular weight is 450 g/mol. The zero-order valence-corrected chi connectivity index (χ0v) is 16.5. The molecule has 0 saturated heterocycles. The molecule has 0 amide bonds. The predicted octanol–water partition coefficient (Wildman–Crippen LogP) is -0.193. The van der Waals surface area contributed by atoms with Crippen LogP contribution in [0.15, 0.2) is 47.3 Å². The second-order valence-electron chi connectivity index (χ2n) is 6.24. The van der Waals surface area contributed by atoms with Crippen LogP contribution in [0, 0.1) is 0 Å². The third kappa shape index (κ3) is 2.78. The highest BCUT2D eigenvalue weighted by Crippen LogP contribution is 2.38. The van der Waals surface area contributed by atoms with Crippen molar-refractivity contribution in [1.29, 1.82) is 0 Å². The lowest BCUT2D eigenvalue weighted by Gasteiger charge is -2.13. The molecule has 6 heteroatoms. The summed E-state index contributed by atoms with van der Waals surface area (Å²) in [5.74, 6) is 1.40. The highest BCUT2D eigenvalue weighted by molar-refractivity contribution is 5.93. The second kappa shape index (κ2) is 6.67. The first-order valence-corrected chi connectivity index (χ1v) is 8.01. The van der Waals surface area contributed by atoms with Gasteiger partial charge in [0.1, 0.15) is 11.2 Å².